The van der Waals surface area contributed by atoms with E-state index in [0.717, 1.165) is 0 Å². The van der Waals surface area contributed by atoms with Gasteiger partial charge in [0, 0.05) is 38.7 Å². The van der Waals surface area contributed by atoms with Crippen LogP contribution in [0.1, 0.15) is 22.5 Å². The highest BCUT2D eigenvalue weighted by atomic mass is 19.1. The molecule has 0 spiro atoms. The van der Waals surface area contributed by atoms with Crippen molar-refractivity contribution in [2.45, 2.75) is 12.8 Å². The van der Waals surface area contributed by atoms with E-state index in [0.29, 0.717) is 38.2 Å². The number of nitrogens with zero attached hydrogens (tertiary/aromatic N) is 3. The smallest absolute Gasteiger partial charge is 0.274 e. The van der Waals surface area contributed by atoms with E-state index in [9.17, 15) is 18.8 Å². The molecule has 8 heteroatoms. The summed E-state index contributed by atoms with van der Waals surface area (Å²) < 4.78 is 13.6. The van der Waals surface area contributed by atoms with Crippen LogP contribution in [0.2, 0.25) is 0 Å². The molecule has 3 rings (SSSR count). The van der Waals surface area contributed by atoms with Gasteiger partial charge in [0.1, 0.15) is 11.5 Å². The number of H-pyrrole nitrogens is 1. The van der Waals surface area contributed by atoms with Crippen LogP contribution < -0.4 is 5.56 Å². The summed E-state index contributed by atoms with van der Waals surface area (Å²) >= 11 is 0. The molecule has 1 aliphatic rings. The Balaban J connectivity index is 1.50. The standard InChI is InChI=1S/C18H19FN4O3/c19-14-4-2-1-3-13(14)5-8-17(25)22-9-11-23(12-10-22)18(26)15-6-7-16(24)21-20-15/h1-4,6-7H,5,8-12H2,(H,21,24). The molecule has 7 nitrogen and oxygen atoms in total. The summed E-state index contributed by atoms with van der Waals surface area (Å²) in [5.41, 5.74) is 0.328. The molecule has 1 aromatic heterocycles. The van der Waals surface area contributed by atoms with Crippen molar-refractivity contribution in [3.63, 3.8) is 0 Å². The second-order valence-electron chi connectivity index (χ2n) is 6.07. The van der Waals surface area contributed by atoms with Crippen LogP contribution in [0.4, 0.5) is 4.39 Å². The van der Waals surface area contributed by atoms with E-state index in [1.165, 1.54) is 18.2 Å². The van der Waals surface area contributed by atoms with Crippen molar-refractivity contribution in [1.82, 2.24) is 20.0 Å². The molecule has 26 heavy (non-hydrogen) atoms. The Morgan fingerprint density at radius 2 is 1.73 bits per heavy atom. The van der Waals surface area contributed by atoms with Gasteiger partial charge in [0.05, 0.1) is 0 Å². The molecule has 0 unspecified atom stereocenters. The van der Waals surface area contributed by atoms with Crippen molar-refractivity contribution < 1.29 is 14.0 Å². The molecule has 1 saturated heterocycles. The van der Waals surface area contributed by atoms with Gasteiger partial charge in [-0.15, -0.1) is 0 Å². The van der Waals surface area contributed by atoms with Crippen LogP contribution in [-0.2, 0) is 11.2 Å². The summed E-state index contributed by atoms with van der Waals surface area (Å²) in [6, 6.07) is 9.06. The number of benzene rings is 1. The number of aromatic amines is 1. The largest absolute Gasteiger partial charge is 0.339 e. The Morgan fingerprint density at radius 3 is 2.38 bits per heavy atom. The molecular weight excluding hydrogens is 339 g/mol. The minimum Gasteiger partial charge on any atom is -0.339 e. The van der Waals surface area contributed by atoms with Crippen LogP contribution in [0.15, 0.2) is 41.2 Å². The number of amides is 2. The normalized spacial score (nSPS) is 14.3. The molecule has 0 aliphatic carbocycles. The van der Waals surface area contributed by atoms with Crippen molar-refractivity contribution >= 4 is 11.8 Å². The zero-order valence-corrected chi connectivity index (χ0v) is 14.2. The average molecular weight is 358 g/mol. The maximum Gasteiger partial charge on any atom is 0.274 e. The minimum absolute atomic E-state index is 0.0532. The van der Waals surface area contributed by atoms with E-state index >= 15 is 0 Å². The molecule has 1 aromatic carbocycles. The first kappa shape index (κ1) is 17.8. The van der Waals surface area contributed by atoms with Gasteiger partial charge in [-0.05, 0) is 24.1 Å². The van der Waals surface area contributed by atoms with Crippen LogP contribution in [0, 0.1) is 5.82 Å². The van der Waals surface area contributed by atoms with Gasteiger partial charge in [-0.3, -0.25) is 14.4 Å². The molecule has 0 atom stereocenters. The summed E-state index contributed by atoms with van der Waals surface area (Å²) in [6.45, 7) is 1.63. The van der Waals surface area contributed by atoms with Crippen molar-refractivity contribution in [1.29, 1.82) is 0 Å². The molecule has 1 fully saturated rings. The first-order valence-corrected chi connectivity index (χ1v) is 8.41. The molecule has 2 amide bonds. The number of piperazine rings is 1. The quantitative estimate of drug-likeness (QED) is 0.877. The molecule has 0 bridgehead atoms. The summed E-state index contributed by atoms with van der Waals surface area (Å²) in [5.74, 6) is -0.633. The van der Waals surface area contributed by atoms with Crippen LogP contribution >= 0.6 is 0 Å². The molecule has 1 N–H and O–H groups in total. The highest BCUT2D eigenvalue weighted by Gasteiger charge is 2.25. The highest BCUT2D eigenvalue weighted by molar-refractivity contribution is 5.92. The Labute approximate surface area is 149 Å². The van der Waals surface area contributed by atoms with Crippen LogP contribution in [0.3, 0.4) is 0 Å². The van der Waals surface area contributed by atoms with Crippen LogP contribution in [0.25, 0.3) is 0 Å². The fraction of sp³-hybridized carbons (Fsp3) is 0.333. The van der Waals surface area contributed by atoms with E-state index in [-0.39, 0.29) is 35.3 Å². The van der Waals surface area contributed by atoms with Gasteiger partial charge in [0.15, 0.2) is 0 Å². The monoisotopic (exact) mass is 358 g/mol. The maximum atomic E-state index is 13.6. The SMILES string of the molecule is O=C(CCc1ccccc1F)N1CCN(C(=O)c2ccc(=O)[nH]n2)CC1. The lowest BCUT2D eigenvalue weighted by Crippen LogP contribution is -2.50. The fourth-order valence-electron chi connectivity index (χ4n) is 2.89. The fourth-order valence-corrected chi connectivity index (χ4v) is 2.89. The molecule has 2 aromatic rings. The van der Waals surface area contributed by atoms with E-state index < -0.39 is 0 Å². The first-order chi connectivity index (χ1) is 12.5. The zero-order valence-electron chi connectivity index (χ0n) is 14.2. The van der Waals surface area contributed by atoms with E-state index in [1.807, 2.05) is 0 Å². The lowest BCUT2D eigenvalue weighted by molar-refractivity contribution is -0.132. The van der Waals surface area contributed by atoms with Crippen molar-refractivity contribution in [2.75, 3.05) is 26.2 Å². The van der Waals surface area contributed by atoms with Crippen LogP contribution in [0.5, 0.6) is 0 Å². The second-order valence-corrected chi connectivity index (χ2v) is 6.07. The van der Waals surface area contributed by atoms with Crippen molar-refractivity contribution in [3.8, 4) is 0 Å². The molecule has 0 saturated carbocycles. The van der Waals surface area contributed by atoms with Gasteiger partial charge in [-0.2, -0.15) is 5.10 Å². The molecule has 1 aliphatic heterocycles. The van der Waals surface area contributed by atoms with Crippen LogP contribution in [-0.4, -0.2) is 58.0 Å². The van der Waals surface area contributed by atoms with Gasteiger partial charge in [0.2, 0.25) is 5.91 Å². The first-order valence-electron chi connectivity index (χ1n) is 8.41. The maximum absolute atomic E-state index is 13.6. The molecule has 2 heterocycles. The third-order valence-corrected chi connectivity index (χ3v) is 4.38. The summed E-state index contributed by atoms with van der Waals surface area (Å²) in [7, 11) is 0. The molecule has 136 valence electrons. The summed E-state index contributed by atoms with van der Waals surface area (Å²) in [5, 5.41) is 5.97. The lowest BCUT2D eigenvalue weighted by Gasteiger charge is -2.34. The number of nitrogens with one attached hydrogen (secondary N) is 1. The summed E-state index contributed by atoms with van der Waals surface area (Å²) in [4.78, 5) is 38.9. The number of halogens is 1. The Bertz CT molecular complexity index is 839. The Morgan fingerprint density at radius 1 is 1.04 bits per heavy atom. The van der Waals surface area contributed by atoms with Gasteiger partial charge < -0.3 is 9.80 Å². The number of rotatable bonds is 4. The van der Waals surface area contributed by atoms with E-state index in [1.54, 1.807) is 28.0 Å². The number of hydrogen-bond donors (Lipinski definition) is 1. The number of carbonyl (C=O) groups excluding carboxylic acids is 2. The van der Waals surface area contributed by atoms with Crippen molar-refractivity contribution in [3.05, 3.63) is 63.8 Å². The number of aromatic nitrogens is 2. The molecular formula is C18H19FN4O3. The highest BCUT2D eigenvalue weighted by Crippen LogP contribution is 2.12. The third-order valence-electron chi connectivity index (χ3n) is 4.38. The van der Waals surface area contributed by atoms with Gasteiger partial charge in [-0.1, -0.05) is 18.2 Å². The lowest BCUT2D eigenvalue weighted by atomic mass is 10.1. The average Bonchev–Trinajstić information content (AvgIpc) is 2.67. The van der Waals surface area contributed by atoms with Gasteiger partial charge in [0.25, 0.3) is 11.5 Å². The number of aryl methyl sites for hydroxylation is 1. The van der Waals surface area contributed by atoms with E-state index in [2.05, 4.69) is 10.2 Å². The molecule has 0 radical (unpaired) electrons. The van der Waals surface area contributed by atoms with Crippen molar-refractivity contribution in [2.24, 2.45) is 0 Å². The van der Waals surface area contributed by atoms with Gasteiger partial charge in [-0.25, -0.2) is 9.49 Å². The minimum atomic E-state index is -0.369. The zero-order chi connectivity index (χ0) is 18.5. The topological polar surface area (TPSA) is 86.4 Å². The summed E-state index contributed by atoms with van der Waals surface area (Å²) in [6.07, 6.45) is 0.586. The second kappa shape index (κ2) is 7.90. The Hall–Kier alpha value is -3.03. The van der Waals surface area contributed by atoms with Gasteiger partial charge >= 0.3 is 0 Å². The predicted molar refractivity (Wildman–Crippen MR) is 92.1 cm³/mol. The number of hydrogen-bond acceptors (Lipinski definition) is 4. The third kappa shape index (κ3) is 4.14. The Kier molecular flexibility index (Phi) is 5.40. The van der Waals surface area contributed by atoms with E-state index in [4.69, 9.17) is 0 Å². The predicted octanol–water partition coefficient (Wildman–Crippen LogP) is 0.826. The number of carbonyl (C=O) groups is 2.